The van der Waals surface area contributed by atoms with Gasteiger partial charge in [0.25, 0.3) is 0 Å². The Balaban J connectivity index is 1.66. The molecule has 0 aliphatic carbocycles. The number of hydrogen-bond donors (Lipinski definition) is 0. The van der Waals surface area contributed by atoms with E-state index in [-0.39, 0.29) is 5.97 Å². The average Bonchev–Trinajstić information content (AvgIpc) is 2.77. The second-order valence-electron chi connectivity index (χ2n) is 6.73. The van der Waals surface area contributed by atoms with Gasteiger partial charge in [0.05, 0.1) is 19.3 Å². The molecule has 0 amide bonds. The van der Waals surface area contributed by atoms with Crippen LogP contribution >= 0.6 is 0 Å². The average molecular weight is 374 g/mol. The van der Waals surface area contributed by atoms with E-state index in [1.54, 1.807) is 12.1 Å². The molecule has 0 fully saturated rings. The Labute approximate surface area is 166 Å². The topological polar surface area (TPSA) is 35.5 Å². The van der Waals surface area contributed by atoms with Gasteiger partial charge in [-0.05, 0) is 52.9 Å². The molecule has 0 aliphatic rings. The highest BCUT2D eigenvalue weighted by molar-refractivity contribution is 5.90. The third-order valence-electron chi connectivity index (χ3n) is 4.73. The first-order valence-electron chi connectivity index (χ1n) is 9.73. The monoisotopic (exact) mass is 374 g/mol. The minimum Gasteiger partial charge on any atom is -0.494 e. The maximum absolute atomic E-state index is 11.5. The fourth-order valence-corrected chi connectivity index (χ4v) is 3.06. The molecule has 3 nitrogen and oxygen atoms in total. The Bertz CT molecular complexity index is 879. The highest BCUT2D eigenvalue weighted by Gasteiger charge is 2.06. The van der Waals surface area contributed by atoms with E-state index in [9.17, 15) is 4.79 Å². The van der Waals surface area contributed by atoms with Crippen molar-refractivity contribution in [1.82, 2.24) is 0 Å². The van der Waals surface area contributed by atoms with Gasteiger partial charge in [-0.1, -0.05) is 68.3 Å². The van der Waals surface area contributed by atoms with Gasteiger partial charge >= 0.3 is 5.97 Å². The fraction of sp³-hybridized carbons (Fsp3) is 0.240. The van der Waals surface area contributed by atoms with Crippen molar-refractivity contribution < 1.29 is 14.3 Å². The van der Waals surface area contributed by atoms with Crippen molar-refractivity contribution in [2.75, 3.05) is 13.7 Å². The van der Waals surface area contributed by atoms with E-state index in [0.29, 0.717) is 5.56 Å². The van der Waals surface area contributed by atoms with Crippen LogP contribution in [-0.2, 0) is 4.74 Å². The normalized spacial score (nSPS) is 10.5. The largest absolute Gasteiger partial charge is 0.494 e. The minimum atomic E-state index is -0.320. The third kappa shape index (κ3) is 5.01. The molecule has 0 spiro atoms. The van der Waals surface area contributed by atoms with E-state index in [4.69, 9.17) is 9.47 Å². The number of carbonyl (C=O) groups excluding carboxylic acids is 1. The summed E-state index contributed by atoms with van der Waals surface area (Å²) in [6, 6.07) is 24.1. The van der Waals surface area contributed by atoms with Gasteiger partial charge in [0, 0.05) is 0 Å². The maximum atomic E-state index is 11.5. The van der Waals surface area contributed by atoms with Crippen LogP contribution in [0.25, 0.3) is 22.3 Å². The Morgan fingerprint density at radius 3 is 1.64 bits per heavy atom. The number of esters is 1. The molecule has 0 heterocycles. The minimum absolute atomic E-state index is 0.320. The van der Waals surface area contributed by atoms with E-state index in [1.807, 2.05) is 24.3 Å². The van der Waals surface area contributed by atoms with Crippen LogP contribution in [0.3, 0.4) is 0 Å². The fourth-order valence-electron chi connectivity index (χ4n) is 3.06. The van der Waals surface area contributed by atoms with Crippen molar-refractivity contribution in [3.05, 3.63) is 78.4 Å². The van der Waals surface area contributed by atoms with Gasteiger partial charge in [-0.15, -0.1) is 0 Å². The molecule has 0 unspecified atom stereocenters. The third-order valence-corrected chi connectivity index (χ3v) is 4.73. The quantitative estimate of drug-likeness (QED) is 0.339. The van der Waals surface area contributed by atoms with E-state index in [1.165, 1.54) is 20.0 Å². The van der Waals surface area contributed by atoms with Crippen LogP contribution in [0.4, 0.5) is 0 Å². The molecule has 3 rings (SSSR count). The maximum Gasteiger partial charge on any atom is 0.337 e. The molecule has 28 heavy (non-hydrogen) atoms. The molecule has 144 valence electrons. The molecule has 0 aromatic heterocycles. The number of benzene rings is 3. The summed E-state index contributed by atoms with van der Waals surface area (Å²) in [5, 5.41) is 0. The number of hydrogen-bond acceptors (Lipinski definition) is 3. The van der Waals surface area contributed by atoms with Crippen LogP contribution in [0.5, 0.6) is 5.75 Å². The predicted molar refractivity (Wildman–Crippen MR) is 114 cm³/mol. The number of ether oxygens (including phenoxy) is 2. The first-order chi connectivity index (χ1) is 13.7. The summed E-state index contributed by atoms with van der Waals surface area (Å²) in [4.78, 5) is 11.5. The van der Waals surface area contributed by atoms with Gasteiger partial charge in [-0.3, -0.25) is 0 Å². The van der Waals surface area contributed by atoms with E-state index >= 15 is 0 Å². The molecular formula is C25H26O3. The molecule has 0 atom stereocenters. The van der Waals surface area contributed by atoms with Crippen molar-refractivity contribution in [2.45, 2.75) is 26.2 Å². The summed E-state index contributed by atoms with van der Waals surface area (Å²) in [6.07, 6.45) is 3.50. The SMILES string of the molecule is CCCCCOc1ccc(-c2ccc(-c3ccc(C(=O)OC)cc3)cc2)cc1. The lowest BCUT2D eigenvalue weighted by molar-refractivity contribution is 0.0601. The van der Waals surface area contributed by atoms with Crippen molar-refractivity contribution in [1.29, 1.82) is 0 Å². The summed E-state index contributed by atoms with van der Waals surface area (Å²) in [5.41, 5.74) is 5.05. The highest BCUT2D eigenvalue weighted by atomic mass is 16.5. The van der Waals surface area contributed by atoms with Gasteiger partial charge in [-0.2, -0.15) is 0 Å². The molecule has 0 radical (unpaired) electrons. The van der Waals surface area contributed by atoms with Crippen LogP contribution < -0.4 is 4.74 Å². The van der Waals surface area contributed by atoms with E-state index < -0.39 is 0 Å². The van der Waals surface area contributed by atoms with Crippen molar-refractivity contribution in [2.24, 2.45) is 0 Å². The van der Waals surface area contributed by atoms with Crippen LogP contribution in [-0.4, -0.2) is 19.7 Å². The number of rotatable bonds is 8. The van der Waals surface area contributed by atoms with Crippen LogP contribution in [0, 0.1) is 0 Å². The summed E-state index contributed by atoms with van der Waals surface area (Å²) in [5.74, 6) is 0.599. The second kappa shape index (κ2) is 9.75. The second-order valence-corrected chi connectivity index (χ2v) is 6.73. The van der Waals surface area contributed by atoms with Gasteiger partial charge in [0.15, 0.2) is 0 Å². The van der Waals surface area contributed by atoms with Crippen LogP contribution in [0.1, 0.15) is 36.5 Å². The zero-order valence-corrected chi connectivity index (χ0v) is 16.5. The zero-order chi connectivity index (χ0) is 19.8. The molecule has 3 heteroatoms. The molecule has 3 aromatic carbocycles. The lowest BCUT2D eigenvalue weighted by atomic mass is 9.99. The molecular weight excluding hydrogens is 348 g/mol. The molecule has 0 aliphatic heterocycles. The molecule has 0 saturated carbocycles. The highest BCUT2D eigenvalue weighted by Crippen LogP contribution is 2.26. The first-order valence-corrected chi connectivity index (χ1v) is 9.73. The van der Waals surface area contributed by atoms with Gasteiger partial charge in [-0.25, -0.2) is 4.79 Å². The van der Waals surface area contributed by atoms with Crippen LogP contribution in [0.15, 0.2) is 72.8 Å². The standard InChI is InChI=1S/C25H26O3/c1-3-4-5-18-28-24-16-14-22(15-17-24)20-8-6-19(7-9-20)21-10-12-23(13-11-21)25(26)27-2/h6-17H,3-5,18H2,1-2H3. The molecule has 0 saturated heterocycles. The van der Waals surface area contributed by atoms with Crippen molar-refractivity contribution in [3.63, 3.8) is 0 Å². The van der Waals surface area contributed by atoms with E-state index in [0.717, 1.165) is 41.0 Å². The number of methoxy groups -OCH3 is 1. The summed E-state index contributed by atoms with van der Waals surface area (Å²) in [6.45, 7) is 2.97. The molecule has 0 N–H and O–H groups in total. The Morgan fingerprint density at radius 2 is 1.18 bits per heavy atom. The zero-order valence-electron chi connectivity index (χ0n) is 16.5. The Kier molecular flexibility index (Phi) is 6.85. The summed E-state index contributed by atoms with van der Waals surface area (Å²) in [7, 11) is 1.39. The van der Waals surface area contributed by atoms with Crippen molar-refractivity contribution >= 4 is 5.97 Å². The predicted octanol–water partition coefficient (Wildman–Crippen LogP) is 6.38. The van der Waals surface area contributed by atoms with Gasteiger partial charge in [0.1, 0.15) is 5.75 Å². The molecule has 0 bridgehead atoms. The number of carbonyl (C=O) groups is 1. The lowest BCUT2D eigenvalue weighted by Crippen LogP contribution is -2.00. The summed E-state index contributed by atoms with van der Waals surface area (Å²) < 4.78 is 10.5. The lowest BCUT2D eigenvalue weighted by Gasteiger charge is -2.08. The first kappa shape index (κ1) is 19.7. The van der Waals surface area contributed by atoms with Gasteiger partial charge < -0.3 is 9.47 Å². The molecule has 3 aromatic rings. The Morgan fingerprint density at radius 1 is 0.714 bits per heavy atom. The van der Waals surface area contributed by atoms with Crippen molar-refractivity contribution in [3.8, 4) is 28.0 Å². The Hall–Kier alpha value is -3.07. The smallest absolute Gasteiger partial charge is 0.337 e. The number of unbranched alkanes of at least 4 members (excludes halogenated alkanes) is 2. The van der Waals surface area contributed by atoms with E-state index in [2.05, 4.69) is 43.3 Å². The summed E-state index contributed by atoms with van der Waals surface area (Å²) >= 11 is 0. The van der Waals surface area contributed by atoms with Crippen LogP contribution in [0.2, 0.25) is 0 Å². The van der Waals surface area contributed by atoms with Gasteiger partial charge in [0.2, 0.25) is 0 Å².